The molecule has 0 aliphatic rings. The summed E-state index contributed by atoms with van der Waals surface area (Å²) in [6.45, 7) is 3.21. The van der Waals surface area contributed by atoms with Crippen molar-refractivity contribution in [2.75, 3.05) is 12.4 Å². The third-order valence-electron chi connectivity index (χ3n) is 4.23. The highest BCUT2D eigenvalue weighted by atomic mass is 79.9. The Balaban J connectivity index is 2.08. The van der Waals surface area contributed by atoms with Crippen molar-refractivity contribution in [3.63, 3.8) is 0 Å². The average molecular weight is 416 g/mol. The van der Waals surface area contributed by atoms with E-state index in [0.29, 0.717) is 26.9 Å². The first-order chi connectivity index (χ1) is 12.4. The van der Waals surface area contributed by atoms with Crippen molar-refractivity contribution in [3.05, 3.63) is 58.3 Å². The van der Waals surface area contributed by atoms with Crippen LogP contribution in [0.4, 0.5) is 5.69 Å². The molecular weight excluding hydrogens is 398 g/mol. The van der Waals surface area contributed by atoms with Crippen molar-refractivity contribution in [1.82, 2.24) is 0 Å². The van der Waals surface area contributed by atoms with Gasteiger partial charge in [0.2, 0.25) is 5.91 Å². The van der Waals surface area contributed by atoms with Crippen LogP contribution in [0.1, 0.15) is 35.9 Å². The Morgan fingerprint density at radius 3 is 2.46 bits per heavy atom. The summed E-state index contributed by atoms with van der Waals surface area (Å²) in [4.78, 5) is 24.9. The third-order valence-corrected chi connectivity index (χ3v) is 4.89. The summed E-state index contributed by atoms with van der Waals surface area (Å²) in [5, 5.41) is 3.47. The maximum atomic E-state index is 12.8. The van der Waals surface area contributed by atoms with Gasteiger partial charge in [0.1, 0.15) is 5.69 Å². The average Bonchev–Trinajstić information content (AvgIpc) is 3.02. The summed E-state index contributed by atoms with van der Waals surface area (Å²) >= 11 is 3.47. The Bertz CT molecular complexity index is 978. The number of methoxy groups -OCH3 is 1. The number of benzene rings is 2. The number of nitrogens with one attached hydrogen (secondary N) is 1. The lowest BCUT2D eigenvalue weighted by Crippen LogP contribution is -2.19. The summed E-state index contributed by atoms with van der Waals surface area (Å²) in [7, 11) is 1.52. The first-order valence-corrected chi connectivity index (χ1v) is 8.89. The smallest absolute Gasteiger partial charge is 0.231 e. The van der Waals surface area contributed by atoms with Gasteiger partial charge in [0, 0.05) is 11.4 Å². The van der Waals surface area contributed by atoms with Crippen LogP contribution in [-0.2, 0) is 4.79 Å². The Labute approximate surface area is 159 Å². The highest BCUT2D eigenvalue weighted by Crippen LogP contribution is 2.41. The van der Waals surface area contributed by atoms with E-state index >= 15 is 0 Å². The van der Waals surface area contributed by atoms with Crippen molar-refractivity contribution < 1.29 is 18.7 Å². The van der Waals surface area contributed by atoms with Gasteiger partial charge in [-0.05, 0) is 40.5 Å². The highest BCUT2D eigenvalue weighted by Gasteiger charge is 2.25. The van der Waals surface area contributed by atoms with Crippen LogP contribution in [0.15, 0.2) is 51.4 Å². The van der Waals surface area contributed by atoms with E-state index in [9.17, 15) is 9.59 Å². The number of anilines is 1. The molecule has 1 atom stereocenters. The van der Waals surface area contributed by atoms with E-state index in [1.54, 1.807) is 12.1 Å². The van der Waals surface area contributed by atoms with Crippen molar-refractivity contribution in [3.8, 4) is 5.75 Å². The van der Waals surface area contributed by atoms with E-state index in [2.05, 4.69) is 21.2 Å². The number of ether oxygens (including phenoxy) is 1. The van der Waals surface area contributed by atoms with Gasteiger partial charge >= 0.3 is 0 Å². The van der Waals surface area contributed by atoms with E-state index < -0.39 is 0 Å². The third kappa shape index (κ3) is 3.24. The molecule has 1 heterocycles. The van der Waals surface area contributed by atoms with Gasteiger partial charge in [-0.15, -0.1) is 0 Å². The molecule has 134 valence electrons. The molecule has 3 aromatic rings. The molecule has 3 rings (SSSR count). The Kier molecular flexibility index (Phi) is 5.13. The van der Waals surface area contributed by atoms with E-state index in [4.69, 9.17) is 9.15 Å². The van der Waals surface area contributed by atoms with E-state index in [0.717, 1.165) is 5.56 Å². The predicted octanol–water partition coefficient (Wildman–Crippen LogP) is 5.15. The van der Waals surface area contributed by atoms with Gasteiger partial charge < -0.3 is 14.5 Å². The number of rotatable bonds is 5. The van der Waals surface area contributed by atoms with Crippen LogP contribution in [0.3, 0.4) is 0 Å². The Morgan fingerprint density at radius 2 is 1.85 bits per heavy atom. The number of hydrogen-bond donors (Lipinski definition) is 1. The molecule has 1 N–H and O–H groups in total. The van der Waals surface area contributed by atoms with Crippen LogP contribution in [0.2, 0.25) is 0 Å². The summed E-state index contributed by atoms with van der Waals surface area (Å²) in [6.07, 6.45) is 0. The van der Waals surface area contributed by atoms with Gasteiger partial charge in [-0.2, -0.15) is 0 Å². The monoisotopic (exact) mass is 415 g/mol. The van der Waals surface area contributed by atoms with Gasteiger partial charge in [-0.25, -0.2) is 0 Å². The number of carbonyl (C=O) groups is 2. The van der Waals surface area contributed by atoms with Crippen molar-refractivity contribution in [1.29, 1.82) is 0 Å². The topological polar surface area (TPSA) is 68.5 Å². The zero-order valence-electron chi connectivity index (χ0n) is 14.6. The summed E-state index contributed by atoms with van der Waals surface area (Å²) in [5.74, 6) is -0.305. The largest absolute Gasteiger partial charge is 0.493 e. The minimum Gasteiger partial charge on any atom is -0.493 e. The minimum atomic E-state index is -0.384. The molecule has 26 heavy (non-hydrogen) atoms. The fourth-order valence-corrected chi connectivity index (χ4v) is 3.30. The first kappa shape index (κ1) is 18.2. The second-order valence-electron chi connectivity index (χ2n) is 5.94. The number of amides is 1. The number of hydrogen-bond acceptors (Lipinski definition) is 4. The molecule has 1 unspecified atom stereocenters. The number of carbonyl (C=O) groups excluding carboxylic acids is 2. The van der Waals surface area contributed by atoms with Crippen LogP contribution in [-0.4, -0.2) is 18.8 Å². The predicted molar refractivity (Wildman–Crippen MR) is 104 cm³/mol. The number of fused-ring (bicyclic) bond motifs is 1. The maximum absolute atomic E-state index is 12.8. The molecule has 0 saturated heterocycles. The van der Waals surface area contributed by atoms with Gasteiger partial charge in [0.15, 0.2) is 22.9 Å². The van der Waals surface area contributed by atoms with E-state index in [1.165, 1.54) is 14.0 Å². The number of ketones is 1. The molecule has 2 aromatic carbocycles. The lowest BCUT2D eigenvalue weighted by atomic mass is 10.0. The first-order valence-electron chi connectivity index (χ1n) is 8.09. The zero-order valence-corrected chi connectivity index (χ0v) is 16.2. The number of Topliss-reactive ketones (excluding diaryl/α,β-unsaturated/α-hetero) is 1. The van der Waals surface area contributed by atoms with Crippen LogP contribution in [0.25, 0.3) is 11.0 Å². The van der Waals surface area contributed by atoms with Crippen LogP contribution in [0, 0.1) is 0 Å². The molecule has 0 fully saturated rings. The molecule has 6 heteroatoms. The van der Waals surface area contributed by atoms with Gasteiger partial charge in [0.25, 0.3) is 0 Å². The van der Waals surface area contributed by atoms with Crippen molar-refractivity contribution in [2.45, 2.75) is 19.8 Å². The second-order valence-corrected chi connectivity index (χ2v) is 6.79. The second kappa shape index (κ2) is 7.33. The molecule has 0 aliphatic heterocycles. The molecular formula is C20H18BrNO4. The minimum absolute atomic E-state index is 0.0961. The quantitative estimate of drug-likeness (QED) is 0.585. The number of halogens is 1. The molecule has 1 amide bonds. The fourth-order valence-electron chi connectivity index (χ4n) is 2.79. The maximum Gasteiger partial charge on any atom is 0.231 e. The summed E-state index contributed by atoms with van der Waals surface area (Å²) in [6, 6.07) is 13.0. The molecule has 0 saturated carbocycles. The molecule has 0 bridgehead atoms. The van der Waals surface area contributed by atoms with Gasteiger partial charge in [-0.1, -0.05) is 30.3 Å². The van der Waals surface area contributed by atoms with Gasteiger partial charge in [0.05, 0.1) is 18.4 Å². The molecule has 0 spiro atoms. The fraction of sp³-hybridized carbons (Fsp3) is 0.200. The SMILES string of the molecule is COc1ccc(Br)c2c(NC(=O)C(C)c3ccccc3)c(C(C)=O)oc12. The van der Waals surface area contributed by atoms with Gasteiger partial charge in [-0.3, -0.25) is 9.59 Å². The van der Waals surface area contributed by atoms with Crippen molar-refractivity contribution in [2.24, 2.45) is 0 Å². The standard InChI is InChI=1S/C20H18BrNO4/c1-11(13-7-5-4-6-8-13)20(24)22-17-16-14(21)9-10-15(25-3)19(16)26-18(17)12(2)23/h4-11H,1-3H3,(H,22,24). The van der Waals surface area contributed by atoms with Crippen LogP contribution < -0.4 is 10.1 Å². The molecule has 5 nitrogen and oxygen atoms in total. The van der Waals surface area contributed by atoms with Crippen molar-refractivity contribution >= 4 is 44.3 Å². The summed E-state index contributed by atoms with van der Waals surface area (Å²) in [5.41, 5.74) is 1.65. The lowest BCUT2D eigenvalue weighted by Gasteiger charge is -2.13. The van der Waals surface area contributed by atoms with E-state index in [1.807, 2.05) is 37.3 Å². The Morgan fingerprint density at radius 1 is 1.15 bits per heavy atom. The summed E-state index contributed by atoms with van der Waals surface area (Å²) < 4.78 is 11.7. The Hall–Kier alpha value is -2.60. The molecule has 0 aliphatic carbocycles. The normalized spacial score (nSPS) is 12.0. The zero-order chi connectivity index (χ0) is 18.8. The van der Waals surface area contributed by atoms with Crippen LogP contribution >= 0.6 is 15.9 Å². The van der Waals surface area contributed by atoms with Crippen LogP contribution in [0.5, 0.6) is 5.75 Å². The number of furan rings is 1. The molecule has 0 radical (unpaired) electrons. The lowest BCUT2D eigenvalue weighted by molar-refractivity contribution is -0.117. The van der Waals surface area contributed by atoms with E-state index in [-0.39, 0.29) is 23.4 Å². The molecule has 1 aromatic heterocycles. The highest BCUT2D eigenvalue weighted by molar-refractivity contribution is 9.10.